The van der Waals surface area contributed by atoms with E-state index in [1.54, 1.807) is 24.0 Å². The minimum atomic E-state index is -1.87. The average Bonchev–Trinajstić information content (AvgIpc) is 3.11. The molecule has 1 aliphatic heterocycles. The number of hydrogen-bond donors (Lipinski definition) is 0. The highest BCUT2D eigenvalue weighted by atomic mass is 28.4. The first kappa shape index (κ1) is 18.8. The lowest BCUT2D eigenvalue weighted by molar-refractivity contribution is -0.384. The maximum Gasteiger partial charge on any atom is 0.312 e. The number of nitrogens with zero attached hydrogens (tertiary/aromatic N) is 5. The summed E-state index contributed by atoms with van der Waals surface area (Å²) < 4.78 is 8.13. The third kappa shape index (κ3) is 3.33. The number of hydrogen-bond acceptors (Lipinski definition) is 6. The zero-order valence-electron chi connectivity index (χ0n) is 16.3. The van der Waals surface area contributed by atoms with Gasteiger partial charge >= 0.3 is 5.69 Å². The Kier molecular flexibility index (Phi) is 4.56. The molecule has 8 nitrogen and oxygen atoms in total. The first-order valence-corrected chi connectivity index (χ1v) is 11.8. The maximum atomic E-state index is 11.6. The second-order valence-electron chi connectivity index (χ2n) is 8.50. The molecule has 1 saturated heterocycles. The van der Waals surface area contributed by atoms with E-state index in [9.17, 15) is 10.1 Å². The first-order valence-electron chi connectivity index (χ1n) is 8.89. The van der Waals surface area contributed by atoms with Crippen LogP contribution in [-0.2, 0) is 11.5 Å². The third-order valence-corrected chi connectivity index (χ3v) is 10.1. The summed E-state index contributed by atoms with van der Waals surface area (Å²) in [6.07, 6.45) is 2.54. The third-order valence-electron chi connectivity index (χ3n) is 5.58. The van der Waals surface area contributed by atoms with Crippen molar-refractivity contribution < 1.29 is 9.35 Å². The monoisotopic (exact) mass is 377 g/mol. The highest BCUT2D eigenvalue weighted by molar-refractivity contribution is 6.74. The summed E-state index contributed by atoms with van der Waals surface area (Å²) in [6, 6.07) is 1.56. The van der Waals surface area contributed by atoms with Crippen molar-refractivity contribution in [3.8, 4) is 0 Å². The summed E-state index contributed by atoms with van der Waals surface area (Å²) in [7, 11) is -0.0828. The van der Waals surface area contributed by atoms with Crippen LogP contribution in [0.5, 0.6) is 0 Å². The van der Waals surface area contributed by atoms with E-state index in [0.29, 0.717) is 29.9 Å². The normalized spacial score (nSPS) is 18.7. The topological polar surface area (TPSA) is 86.3 Å². The summed E-state index contributed by atoms with van der Waals surface area (Å²) in [5.41, 5.74) is 0.679. The lowest BCUT2D eigenvalue weighted by Crippen LogP contribution is -2.44. The molecule has 9 heteroatoms. The van der Waals surface area contributed by atoms with E-state index in [-0.39, 0.29) is 21.8 Å². The number of aryl methyl sites for hydroxylation is 1. The Balaban J connectivity index is 1.87. The van der Waals surface area contributed by atoms with Gasteiger partial charge in [-0.3, -0.25) is 14.8 Å². The van der Waals surface area contributed by atoms with Gasteiger partial charge in [0, 0.05) is 31.6 Å². The van der Waals surface area contributed by atoms with Crippen LogP contribution in [-0.4, -0.2) is 47.2 Å². The predicted octanol–water partition coefficient (Wildman–Crippen LogP) is 3.48. The molecule has 3 rings (SSSR count). The van der Waals surface area contributed by atoms with Gasteiger partial charge < -0.3 is 9.33 Å². The zero-order valence-corrected chi connectivity index (χ0v) is 17.3. The highest BCUT2D eigenvalue weighted by Gasteiger charge is 2.41. The summed E-state index contributed by atoms with van der Waals surface area (Å²) in [6.45, 7) is 12.5. The predicted molar refractivity (Wildman–Crippen MR) is 104 cm³/mol. The first-order chi connectivity index (χ1) is 12.0. The van der Waals surface area contributed by atoms with Gasteiger partial charge in [-0.25, -0.2) is 4.98 Å². The summed E-state index contributed by atoms with van der Waals surface area (Å²) in [5.74, 6) is 0.410. The molecule has 0 spiro atoms. The molecule has 0 aromatic carbocycles. The molecule has 0 amide bonds. The van der Waals surface area contributed by atoms with Gasteiger partial charge in [-0.05, 0) is 24.6 Å². The van der Waals surface area contributed by atoms with E-state index >= 15 is 0 Å². The Bertz CT molecular complexity index is 843. The van der Waals surface area contributed by atoms with Crippen LogP contribution >= 0.6 is 0 Å². The minimum absolute atomic E-state index is 0.0264. The maximum absolute atomic E-state index is 11.6. The van der Waals surface area contributed by atoms with Gasteiger partial charge in [0.2, 0.25) is 5.82 Å². The molecule has 2 aromatic rings. The largest absolute Gasteiger partial charge is 0.412 e. The lowest BCUT2D eigenvalue weighted by atomic mass is 10.2. The minimum Gasteiger partial charge on any atom is -0.412 e. The Morgan fingerprint density at radius 2 is 2.08 bits per heavy atom. The van der Waals surface area contributed by atoms with Crippen molar-refractivity contribution in [2.75, 3.05) is 18.0 Å². The molecule has 2 aromatic heterocycles. The van der Waals surface area contributed by atoms with Crippen LogP contribution < -0.4 is 4.90 Å². The Hall–Kier alpha value is -2.00. The second-order valence-corrected chi connectivity index (χ2v) is 13.3. The fourth-order valence-corrected chi connectivity index (χ4v) is 4.41. The fourth-order valence-electron chi connectivity index (χ4n) is 3.03. The van der Waals surface area contributed by atoms with E-state index in [2.05, 4.69) is 43.9 Å². The van der Waals surface area contributed by atoms with Gasteiger partial charge in [0.05, 0.1) is 17.2 Å². The Morgan fingerprint density at radius 1 is 1.38 bits per heavy atom. The summed E-state index contributed by atoms with van der Waals surface area (Å²) in [5, 5.41) is 16.5. The van der Waals surface area contributed by atoms with Gasteiger partial charge in [0.15, 0.2) is 14.0 Å². The van der Waals surface area contributed by atoms with Gasteiger partial charge in [0.1, 0.15) is 0 Å². The van der Waals surface area contributed by atoms with Crippen LogP contribution in [0.15, 0.2) is 12.3 Å². The van der Waals surface area contributed by atoms with Crippen LogP contribution in [0, 0.1) is 10.1 Å². The van der Waals surface area contributed by atoms with Crippen molar-refractivity contribution in [2.24, 2.45) is 7.05 Å². The van der Waals surface area contributed by atoms with Crippen LogP contribution in [0.3, 0.4) is 0 Å². The van der Waals surface area contributed by atoms with Crippen molar-refractivity contribution in [3.63, 3.8) is 0 Å². The molecule has 1 aliphatic rings. The molecule has 0 bridgehead atoms. The molecular weight excluding hydrogens is 350 g/mol. The van der Waals surface area contributed by atoms with E-state index in [4.69, 9.17) is 4.43 Å². The van der Waals surface area contributed by atoms with Crippen molar-refractivity contribution in [2.45, 2.75) is 51.4 Å². The van der Waals surface area contributed by atoms with Gasteiger partial charge in [-0.1, -0.05) is 20.8 Å². The molecule has 0 N–H and O–H groups in total. The van der Waals surface area contributed by atoms with Crippen molar-refractivity contribution in [1.29, 1.82) is 0 Å². The van der Waals surface area contributed by atoms with Crippen molar-refractivity contribution >= 4 is 30.9 Å². The zero-order chi connectivity index (χ0) is 19.3. The van der Waals surface area contributed by atoms with Crippen LogP contribution in [0.4, 0.5) is 11.5 Å². The molecular formula is C17H27N5O3Si. The van der Waals surface area contributed by atoms with Gasteiger partial charge in [-0.2, -0.15) is 5.10 Å². The highest BCUT2D eigenvalue weighted by Crippen LogP contribution is 2.39. The number of anilines is 1. The summed E-state index contributed by atoms with van der Waals surface area (Å²) in [4.78, 5) is 17.7. The van der Waals surface area contributed by atoms with E-state index in [1.165, 1.54) is 0 Å². The average molecular weight is 378 g/mol. The molecule has 142 valence electrons. The molecule has 26 heavy (non-hydrogen) atoms. The number of pyridine rings is 1. The van der Waals surface area contributed by atoms with Crippen molar-refractivity contribution in [3.05, 3.63) is 22.4 Å². The van der Waals surface area contributed by atoms with Crippen LogP contribution in [0.25, 0.3) is 11.0 Å². The van der Waals surface area contributed by atoms with E-state index < -0.39 is 8.32 Å². The lowest BCUT2D eigenvalue weighted by Gasteiger charge is -2.38. The van der Waals surface area contributed by atoms with Gasteiger partial charge in [0.25, 0.3) is 0 Å². The second kappa shape index (κ2) is 6.31. The summed E-state index contributed by atoms with van der Waals surface area (Å²) >= 11 is 0. The molecule has 3 heterocycles. The van der Waals surface area contributed by atoms with Crippen LogP contribution in [0.2, 0.25) is 18.1 Å². The quantitative estimate of drug-likeness (QED) is 0.461. The molecule has 1 fully saturated rings. The SMILES string of the molecule is Cn1ncc2cc([N+](=O)[O-])c(N3CC[C@H](O[Si](C)(C)C(C)(C)C)C3)nc21. The molecule has 0 aliphatic carbocycles. The number of rotatable bonds is 4. The van der Waals surface area contributed by atoms with E-state index in [0.717, 1.165) is 6.42 Å². The Morgan fingerprint density at radius 3 is 2.69 bits per heavy atom. The number of nitro groups is 1. The van der Waals surface area contributed by atoms with E-state index in [1.807, 2.05) is 4.90 Å². The number of aromatic nitrogens is 3. The number of fused-ring (bicyclic) bond motifs is 1. The Labute approximate surface area is 154 Å². The standard InChI is InChI=1S/C17H27N5O3Si/c1-17(2,3)26(5,6)25-13-7-8-21(11-13)16-14(22(23)24)9-12-10-18-20(4)15(12)19-16/h9-10,13H,7-8,11H2,1-6H3/t13-/m0/s1. The fraction of sp³-hybridized carbons (Fsp3) is 0.647. The smallest absolute Gasteiger partial charge is 0.312 e. The van der Waals surface area contributed by atoms with Crippen molar-refractivity contribution in [1.82, 2.24) is 14.8 Å². The molecule has 1 atom stereocenters. The molecule has 0 unspecified atom stereocenters. The van der Waals surface area contributed by atoms with Gasteiger partial charge in [-0.15, -0.1) is 0 Å². The molecule has 0 saturated carbocycles. The van der Waals surface area contributed by atoms with Crippen LogP contribution in [0.1, 0.15) is 27.2 Å². The molecule has 0 radical (unpaired) electrons.